The van der Waals surface area contributed by atoms with Crippen LogP contribution in [0.25, 0.3) is 0 Å². The van der Waals surface area contributed by atoms with Crippen molar-refractivity contribution in [1.82, 2.24) is 0 Å². The normalized spacial score (nSPS) is 0. The number of rotatable bonds is 0. The van der Waals surface area contributed by atoms with Crippen molar-refractivity contribution in [2.45, 2.75) is 0 Å². The fourth-order valence-electron chi connectivity index (χ4n) is 0. The van der Waals surface area contributed by atoms with Crippen LogP contribution in [-0.2, 0) is 0 Å². The van der Waals surface area contributed by atoms with Crippen LogP contribution in [0.5, 0.6) is 0 Å². The summed E-state index contributed by atoms with van der Waals surface area (Å²) in [5.41, 5.74) is 0. The number of halogens is 1. The van der Waals surface area contributed by atoms with Crippen molar-refractivity contribution < 1.29 is 25.8 Å². The zero-order valence-corrected chi connectivity index (χ0v) is 4.24. The molecule has 4 heavy (non-hydrogen) atoms. The molecule has 0 saturated heterocycles. The monoisotopic (exact) mass is 184 g/mol. The van der Waals surface area contributed by atoms with Crippen LogP contribution in [0.1, 0.15) is 1.43 Å². The van der Waals surface area contributed by atoms with Gasteiger partial charge in [-0.05, 0) is 0 Å². The van der Waals surface area contributed by atoms with E-state index in [0.29, 0.717) is 0 Å². The molecule has 24 valence electrons. The molecule has 0 aromatic rings. The molecule has 0 spiro atoms. The second-order valence-corrected chi connectivity index (χ2v) is 0. The summed E-state index contributed by atoms with van der Waals surface area (Å²) in [7, 11) is 0. The first kappa shape index (κ1) is 40.8. The summed E-state index contributed by atoms with van der Waals surface area (Å²) in [4.78, 5) is 0. The molecule has 1 nitrogen and oxygen atoms in total. The van der Waals surface area contributed by atoms with Crippen molar-refractivity contribution in [3.05, 3.63) is 0 Å². The summed E-state index contributed by atoms with van der Waals surface area (Å²) in [5.74, 6) is 0. The van der Waals surface area contributed by atoms with E-state index < -0.39 is 0 Å². The second-order valence-electron chi connectivity index (χ2n) is 0. The minimum Gasteiger partial charge on any atom is -1.00 e. The Labute approximate surface area is 66.6 Å². The van der Waals surface area contributed by atoms with E-state index >= 15 is 0 Å². The fourth-order valence-corrected chi connectivity index (χ4v) is 0. The molecule has 0 unspecified atom stereocenters. The molecule has 0 radical (unpaired) electrons. The van der Waals surface area contributed by atoms with Gasteiger partial charge in [0.25, 0.3) is 0 Å². The van der Waals surface area contributed by atoms with Gasteiger partial charge in [-0.15, -0.1) is 24.0 Å². The van der Waals surface area contributed by atoms with Gasteiger partial charge in [-0.25, -0.2) is 0 Å². The second kappa shape index (κ2) is 21.2. The Bertz CT molecular complexity index is 11.6. The van der Waals surface area contributed by atoms with E-state index in [1.807, 2.05) is 0 Å². The first-order chi connectivity index (χ1) is 0. The number of hydrogen-bond donors (Lipinski definition) is 0. The van der Waals surface area contributed by atoms with E-state index in [0.717, 1.165) is 0 Å². The molecule has 0 aliphatic heterocycles. The van der Waals surface area contributed by atoms with Gasteiger partial charge >= 0.3 is 18.9 Å². The Balaban J connectivity index is 0. The van der Waals surface area contributed by atoms with Crippen molar-refractivity contribution in [1.29, 1.82) is 0 Å². The Morgan fingerprint density at radius 3 is 1.25 bits per heavy atom. The maximum atomic E-state index is 0. The molecule has 0 aliphatic rings. The Morgan fingerprint density at radius 2 is 1.25 bits per heavy atom. The molecule has 0 aliphatic carbocycles. The number of hydrogen-bond acceptors (Lipinski definition) is 0. The smallest absolute Gasteiger partial charge is 1.00 e. The Morgan fingerprint density at radius 1 is 1.25 bits per heavy atom. The molecular formula is H7AlILiO. The minimum absolute atomic E-state index is 0. The van der Waals surface area contributed by atoms with Crippen molar-refractivity contribution in [3.63, 3.8) is 0 Å². The minimum atomic E-state index is 0. The van der Waals surface area contributed by atoms with Gasteiger partial charge in [0.2, 0.25) is 0 Å². The van der Waals surface area contributed by atoms with Crippen molar-refractivity contribution in [3.8, 4) is 0 Å². The molecule has 0 heterocycles. The maximum Gasteiger partial charge on any atom is 1.00 e. The predicted octanol–water partition coefficient (Wildman–Crippen LogP) is -4.27. The van der Waals surface area contributed by atoms with Crippen LogP contribution in [0.15, 0.2) is 0 Å². The predicted molar refractivity (Wildman–Crippen MR) is 30.1 cm³/mol. The zero-order chi connectivity index (χ0) is 0. The third-order valence-electron chi connectivity index (χ3n) is 0. The van der Waals surface area contributed by atoms with Crippen LogP contribution in [0.3, 0.4) is 0 Å². The standard InChI is InChI=1S/Al.HI.Li.H2O.4H/h;1H;;1H2;;;;/q;;+1;;;;;-1. The summed E-state index contributed by atoms with van der Waals surface area (Å²) in [6.07, 6.45) is 0. The topological polar surface area (TPSA) is 31.5 Å². The summed E-state index contributed by atoms with van der Waals surface area (Å²) >= 11 is 0. The van der Waals surface area contributed by atoms with Crippen molar-refractivity contribution in [2.24, 2.45) is 0 Å². The van der Waals surface area contributed by atoms with Crippen LogP contribution < -0.4 is 18.9 Å². The van der Waals surface area contributed by atoms with Gasteiger partial charge in [0.05, 0.1) is 0 Å². The van der Waals surface area contributed by atoms with Crippen LogP contribution >= 0.6 is 24.0 Å². The fraction of sp³-hybridized carbons (Fsp3) is 0. The third-order valence-corrected chi connectivity index (χ3v) is 0. The largest absolute Gasteiger partial charge is 1.00 e. The van der Waals surface area contributed by atoms with Crippen molar-refractivity contribution in [2.75, 3.05) is 0 Å². The maximum absolute atomic E-state index is 0. The van der Waals surface area contributed by atoms with E-state index in [2.05, 4.69) is 0 Å². The summed E-state index contributed by atoms with van der Waals surface area (Å²) < 4.78 is 0. The molecule has 0 aromatic heterocycles. The van der Waals surface area contributed by atoms with E-state index in [1.165, 1.54) is 0 Å². The molecule has 0 rings (SSSR count). The van der Waals surface area contributed by atoms with Gasteiger partial charge in [0.15, 0.2) is 17.4 Å². The van der Waals surface area contributed by atoms with Crippen LogP contribution in [0.2, 0.25) is 0 Å². The molecule has 0 saturated carbocycles. The van der Waals surface area contributed by atoms with E-state index in [1.54, 1.807) is 0 Å². The molecular weight excluding hydrogens is 177 g/mol. The molecule has 0 aromatic carbocycles. The summed E-state index contributed by atoms with van der Waals surface area (Å²) in [6.45, 7) is 0. The van der Waals surface area contributed by atoms with E-state index in [-0.39, 0.29) is 67.1 Å². The Kier molecular flexibility index (Phi) is 217. The van der Waals surface area contributed by atoms with Crippen LogP contribution in [0, 0.1) is 0 Å². The van der Waals surface area contributed by atoms with Crippen LogP contribution in [0.4, 0.5) is 0 Å². The zero-order valence-electron chi connectivity index (χ0n) is 2.91. The van der Waals surface area contributed by atoms with E-state index in [9.17, 15) is 0 Å². The third kappa shape index (κ3) is 9.17. The van der Waals surface area contributed by atoms with Gasteiger partial charge in [-0.2, -0.15) is 0 Å². The quantitative estimate of drug-likeness (QED) is 0.269. The molecule has 0 fully saturated rings. The molecule has 0 bridgehead atoms. The first-order valence-electron chi connectivity index (χ1n) is 0. The summed E-state index contributed by atoms with van der Waals surface area (Å²) in [6, 6.07) is 0. The van der Waals surface area contributed by atoms with Gasteiger partial charge < -0.3 is 6.90 Å². The molecule has 0 atom stereocenters. The van der Waals surface area contributed by atoms with Crippen LogP contribution in [-0.4, -0.2) is 22.8 Å². The molecule has 0 amide bonds. The molecule has 4 heteroatoms. The van der Waals surface area contributed by atoms with Gasteiger partial charge in [-0.3, -0.25) is 0 Å². The van der Waals surface area contributed by atoms with Gasteiger partial charge in [0.1, 0.15) is 0 Å². The average Bonchev–Trinajstić information content (AvgIpc) is 0. The van der Waals surface area contributed by atoms with Gasteiger partial charge in [-0.1, -0.05) is 0 Å². The van der Waals surface area contributed by atoms with E-state index in [4.69, 9.17) is 0 Å². The van der Waals surface area contributed by atoms with Crippen molar-refractivity contribution >= 4 is 41.3 Å². The first-order valence-corrected chi connectivity index (χ1v) is 0. The Hall–Kier alpha value is 1.82. The van der Waals surface area contributed by atoms with Gasteiger partial charge in [0, 0.05) is 0 Å². The average molecular weight is 184 g/mol. The molecule has 2 N–H and O–H groups in total. The SMILES string of the molecule is I.O.[AlH3].[H-].[Li+]. The summed E-state index contributed by atoms with van der Waals surface area (Å²) in [5, 5.41) is 0.